The van der Waals surface area contributed by atoms with E-state index in [0.29, 0.717) is 36.8 Å². The van der Waals surface area contributed by atoms with E-state index in [0.717, 1.165) is 11.3 Å². The fourth-order valence-electron chi connectivity index (χ4n) is 3.33. The first-order chi connectivity index (χ1) is 11.7. The normalized spacial score (nSPS) is 18.6. The van der Waals surface area contributed by atoms with Crippen LogP contribution < -0.4 is 9.47 Å². The van der Waals surface area contributed by atoms with Crippen LogP contribution in [0, 0.1) is 0 Å². The summed E-state index contributed by atoms with van der Waals surface area (Å²) < 4.78 is 17.8. The summed E-state index contributed by atoms with van der Waals surface area (Å²) in [5.41, 5.74) is 2.81. The van der Waals surface area contributed by atoms with Gasteiger partial charge in [0, 0.05) is 37.7 Å². The lowest BCUT2D eigenvalue weighted by Gasteiger charge is -2.32. The highest BCUT2D eigenvalue weighted by atomic mass is 16.7. The zero-order valence-corrected chi connectivity index (χ0v) is 13.7. The van der Waals surface area contributed by atoms with Gasteiger partial charge in [0.1, 0.15) is 0 Å². The number of hydrogen-bond acceptors (Lipinski definition) is 5. The van der Waals surface area contributed by atoms with Crippen molar-refractivity contribution in [3.8, 4) is 11.5 Å². The molecule has 0 unspecified atom stereocenters. The first-order valence-corrected chi connectivity index (χ1v) is 7.86. The van der Waals surface area contributed by atoms with Crippen molar-refractivity contribution in [2.75, 3.05) is 27.1 Å². The number of ether oxygens (including phenoxy) is 3. The molecule has 3 heterocycles. The zero-order valence-electron chi connectivity index (χ0n) is 13.7. The van der Waals surface area contributed by atoms with Crippen LogP contribution in [0.1, 0.15) is 27.5 Å². The third-order valence-electron chi connectivity index (χ3n) is 4.59. The van der Waals surface area contributed by atoms with E-state index in [-0.39, 0.29) is 18.6 Å². The van der Waals surface area contributed by atoms with Gasteiger partial charge in [-0.15, -0.1) is 0 Å². The standard InChI is InChI=1S/C17H19N3O4/c1-19-14-8-20(7-12(9-22-2)13(14)6-18-19)17(21)11-3-4-15-16(5-11)24-10-23-15/h3-6,12H,7-10H2,1-2H3/t12-/m1/s1. The Balaban J connectivity index is 1.62. The molecule has 126 valence electrons. The third-order valence-corrected chi connectivity index (χ3v) is 4.59. The molecular weight excluding hydrogens is 310 g/mol. The molecule has 0 N–H and O–H groups in total. The Morgan fingerprint density at radius 1 is 1.38 bits per heavy atom. The van der Waals surface area contributed by atoms with Gasteiger partial charge in [-0.2, -0.15) is 5.10 Å². The minimum absolute atomic E-state index is 0.0266. The van der Waals surface area contributed by atoms with Gasteiger partial charge >= 0.3 is 0 Å². The summed E-state index contributed by atoms with van der Waals surface area (Å²) in [5.74, 6) is 1.40. The fourth-order valence-corrected chi connectivity index (χ4v) is 3.33. The Bertz CT molecular complexity index is 786. The summed E-state index contributed by atoms with van der Waals surface area (Å²) in [6.45, 7) is 1.91. The van der Waals surface area contributed by atoms with Crippen LogP contribution >= 0.6 is 0 Å². The average molecular weight is 329 g/mol. The molecule has 2 aliphatic rings. The summed E-state index contributed by atoms with van der Waals surface area (Å²) in [6.07, 6.45) is 1.88. The fraction of sp³-hybridized carbons (Fsp3) is 0.412. The number of carbonyl (C=O) groups is 1. The molecule has 2 aliphatic heterocycles. The number of hydrogen-bond donors (Lipinski definition) is 0. The lowest BCUT2D eigenvalue weighted by atomic mass is 9.95. The van der Waals surface area contributed by atoms with E-state index in [1.165, 1.54) is 0 Å². The van der Waals surface area contributed by atoms with E-state index < -0.39 is 0 Å². The van der Waals surface area contributed by atoms with Gasteiger partial charge in [-0.1, -0.05) is 0 Å². The monoisotopic (exact) mass is 329 g/mol. The van der Waals surface area contributed by atoms with E-state index in [2.05, 4.69) is 5.10 Å². The molecule has 0 saturated carbocycles. The lowest BCUT2D eigenvalue weighted by molar-refractivity contribution is 0.0675. The van der Waals surface area contributed by atoms with Crippen LogP contribution in [0.4, 0.5) is 0 Å². The number of rotatable bonds is 3. The van der Waals surface area contributed by atoms with E-state index in [1.54, 1.807) is 25.3 Å². The van der Waals surface area contributed by atoms with Crippen molar-refractivity contribution in [2.24, 2.45) is 7.05 Å². The maximum absolute atomic E-state index is 13.0. The van der Waals surface area contributed by atoms with E-state index in [9.17, 15) is 4.79 Å². The molecule has 0 bridgehead atoms. The molecule has 0 fully saturated rings. The number of amides is 1. The summed E-state index contributed by atoms with van der Waals surface area (Å²) >= 11 is 0. The lowest BCUT2D eigenvalue weighted by Crippen LogP contribution is -2.39. The Kier molecular flexibility index (Phi) is 3.65. The summed E-state index contributed by atoms with van der Waals surface area (Å²) in [4.78, 5) is 14.8. The SMILES string of the molecule is COC[C@H]1CN(C(=O)c2ccc3c(c2)OCO3)Cc2c1cnn2C. The summed E-state index contributed by atoms with van der Waals surface area (Å²) in [7, 11) is 3.58. The highest BCUT2D eigenvalue weighted by Crippen LogP contribution is 2.34. The van der Waals surface area contributed by atoms with Crippen molar-refractivity contribution in [3.05, 3.63) is 41.2 Å². The van der Waals surface area contributed by atoms with Gasteiger partial charge in [0.15, 0.2) is 11.5 Å². The molecule has 7 nitrogen and oxygen atoms in total. The second-order valence-corrected chi connectivity index (χ2v) is 6.08. The number of nitrogens with zero attached hydrogens (tertiary/aromatic N) is 3. The van der Waals surface area contributed by atoms with Crippen molar-refractivity contribution < 1.29 is 19.0 Å². The Hall–Kier alpha value is -2.54. The van der Waals surface area contributed by atoms with Crippen molar-refractivity contribution in [3.63, 3.8) is 0 Å². The molecule has 0 radical (unpaired) electrons. The molecule has 1 aromatic heterocycles. The maximum Gasteiger partial charge on any atom is 0.254 e. The number of carbonyl (C=O) groups excluding carboxylic acids is 1. The number of aromatic nitrogens is 2. The molecule has 4 rings (SSSR count). The molecule has 24 heavy (non-hydrogen) atoms. The molecule has 1 amide bonds. The largest absolute Gasteiger partial charge is 0.454 e. The highest BCUT2D eigenvalue weighted by molar-refractivity contribution is 5.95. The number of benzene rings is 1. The zero-order chi connectivity index (χ0) is 16.7. The number of aryl methyl sites for hydroxylation is 1. The van der Waals surface area contributed by atoms with Gasteiger partial charge in [0.25, 0.3) is 5.91 Å². The molecule has 7 heteroatoms. The summed E-state index contributed by atoms with van der Waals surface area (Å²) in [6, 6.07) is 5.30. The molecule has 1 atom stereocenters. The Labute approximate surface area is 139 Å². The van der Waals surface area contributed by atoms with Crippen LogP contribution in [0.2, 0.25) is 0 Å². The van der Waals surface area contributed by atoms with Gasteiger partial charge in [-0.25, -0.2) is 0 Å². The van der Waals surface area contributed by atoms with E-state index in [1.807, 2.05) is 22.8 Å². The molecule has 0 saturated heterocycles. The minimum Gasteiger partial charge on any atom is -0.454 e. The second kappa shape index (κ2) is 5.83. The molecular formula is C17H19N3O4. The van der Waals surface area contributed by atoms with E-state index in [4.69, 9.17) is 14.2 Å². The molecule has 2 aromatic rings. The van der Waals surface area contributed by atoms with Crippen molar-refractivity contribution in [2.45, 2.75) is 12.5 Å². The highest BCUT2D eigenvalue weighted by Gasteiger charge is 2.31. The predicted molar refractivity (Wildman–Crippen MR) is 85.1 cm³/mol. The van der Waals surface area contributed by atoms with Crippen LogP contribution in [0.3, 0.4) is 0 Å². The summed E-state index contributed by atoms with van der Waals surface area (Å²) in [5, 5.41) is 4.33. The number of fused-ring (bicyclic) bond motifs is 2. The van der Waals surface area contributed by atoms with Gasteiger partial charge < -0.3 is 19.1 Å². The predicted octanol–water partition coefficient (Wildman–Crippen LogP) is 1.53. The van der Waals surface area contributed by atoms with Crippen LogP contribution in [-0.4, -0.2) is 47.6 Å². The van der Waals surface area contributed by atoms with Crippen LogP contribution in [0.15, 0.2) is 24.4 Å². The van der Waals surface area contributed by atoms with E-state index >= 15 is 0 Å². The maximum atomic E-state index is 13.0. The van der Waals surface area contributed by atoms with Crippen LogP contribution in [0.25, 0.3) is 0 Å². The smallest absolute Gasteiger partial charge is 0.254 e. The Morgan fingerprint density at radius 2 is 2.21 bits per heavy atom. The van der Waals surface area contributed by atoms with Crippen LogP contribution in [0.5, 0.6) is 11.5 Å². The molecule has 0 spiro atoms. The average Bonchev–Trinajstić information content (AvgIpc) is 3.21. The molecule has 1 aromatic carbocycles. The first-order valence-electron chi connectivity index (χ1n) is 7.86. The Morgan fingerprint density at radius 3 is 3.04 bits per heavy atom. The topological polar surface area (TPSA) is 65.8 Å². The number of methoxy groups -OCH3 is 1. The van der Waals surface area contributed by atoms with Gasteiger partial charge in [-0.3, -0.25) is 9.48 Å². The quantitative estimate of drug-likeness (QED) is 0.854. The van der Waals surface area contributed by atoms with Gasteiger partial charge in [0.2, 0.25) is 6.79 Å². The minimum atomic E-state index is -0.0266. The first kappa shape index (κ1) is 15.0. The molecule has 0 aliphatic carbocycles. The third kappa shape index (κ3) is 2.41. The van der Waals surface area contributed by atoms with Gasteiger partial charge in [0.05, 0.1) is 25.0 Å². The van der Waals surface area contributed by atoms with Crippen molar-refractivity contribution in [1.82, 2.24) is 14.7 Å². The van der Waals surface area contributed by atoms with Crippen LogP contribution in [-0.2, 0) is 18.3 Å². The van der Waals surface area contributed by atoms with Gasteiger partial charge in [-0.05, 0) is 18.2 Å². The van der Waals surface area contributed by atoms with Crippen molar-refractivity contribution in [1.29, 1.82) is 0 Å². The second-order valence-electron chi connectivity index (χ2n) is 6.08. The van der Waals surface area contributed by atoms with Crippen molar-refractivity contribution >= 4 is 5.91 Å².